The van der Waals surface area contributed by atoms with E-state index in [9.17, 15) is 9.90 Å². The van der Waals surface area contributed by atoms with E-state index in [-0.39, 0.29) is 17.9 Å². The van der Waals surface area contributed by atoms with Crippen LogP contribution in [0.3, 0.4) is 0 Å². The maximum atomic E-state index is 11.8. The number of aliphatic hydroxyl groups is 1. The molecule has 2 N–H and O–H groups in total. The van der Waals surface area contributed by atoms with Crippen LogP contribution >= 0.6 is 11.6 Å². The van der Waals surface area contributed by atoms with Crippen LogP contribution in [0.1, 0.15) is 10.4 Å². The Morgan fingerprint density at radius 2 is 1.88 bits per heavy atom. The van der Waals surface area contributed by atoms with Gasteiger partial charge in [-0.2, -0.15) is 0 Å². The zero-order chi connectivity index (χ0) is 17.1. The number of carbonyl (C=O) groups is 1. The Labute approximate surface area is 144 Å². The van der Waals surface area contributed by atoms with Crippen LogP contribution in [-0.4, -0.2) is 65.6 Å². The first-order valence-corrected chi connectivity index (χ1v) is 8.05. The van der Waals surface area contributed by atoms with Crippen molar-refractivity contribution in [1.82, 2.24) is 10.1 Å². The molecule has 0 unspecified atom stereocenters. The van der Waals surface area contributed by atoms with Gasteiger partial charge in [-0.25, -0.2) is 4.79 Å². The third-order valence-corrected chi connectivity index (χ3v) is 4.33. The lowest BCUT2D eigenvalue weighted by Gasteiger charge is -2.34. The normalized spacial score (nSPS) is 15.7. The molecule has 1 fully saturated rings. The summed E-state index contributed by atoms with van der Waals surface area (Å²) in [6, 6.07) is 6.77. The smallest absolute Gasteiger partial charge is 0.343 e. The van der Waals surface area contributed by atoms with Gasteiger partial charge >= 0.3 is 5.97 Å². The van der Waals surface area contributed by atoms with E-state index in [1.165, 1.54) is 0 Å². The minimum Gasteiger partial charge on any atom is -0.477 e. The molecular weight excluding hydrogens is 334 g/mol. The number of halogens is 1. The minimum absolute atomic E-state index is 0.0629. The van der Waals surface area contributed by atoms with Gasteiger partial charge in [0.15, 0.2) is 17.1 Å². The van der Waals surface area contributed by atoms with E-state index in [0.717, 1.165) is 13.1 Å². The summed E-state index contributed by atoms with van der Waals surface area (Å²) in [7, 11) is 0. The second-order valence-electron chi connectivity index (χ2n) is 5.57. The highest BCUT2D eigenvalue weighted by atomic mass is 35.5. The number of aromatic carboxylic acids is 1. The summed E-state index contributed by atoms with van der Waals surface area (Å²) in [4.78, 5) is 15.8. The molecule has 0 radical (unpaired) electrons. The lowest BCUT2D eigenvalue weighted by molar-refractivity contribution is 0.0697. The highest BCUT2D eigenvalue weighted by molar-refractivity contribution is 6.30. The lowest BCUT2D eigenvalue weighted by Crippen LogP contribution is -2.47. The fourth-order valence-corrected chi connectivity index (χ4v) is 2.94. The van der Waals surface area contributed by atoms with E-state index in [0.29, 0.717) is 36.0 Å². The van der Waals surface area contributed by atoms with E-state index in [1.807, 2.05) is 4.90 Å². The van der Waals surface area contributed by atoms with Gasteiger partial charge in [-0.3, -0.25) is 4.90 Å². The van der Waals surface area contributed by atoms with Crippen LogP contribution in [0, 0.1) is 0 Å². The quantitative estimate of drug-likeness (QED) is 0.849. The highest BCUT2D eigenvalue weighted by Crippen LogP contribution is 2.32. The molecule has 0 aliphatic carbocycles. The van der Waals surface area contributed by atoms with Gasteiger partial charge in [0.2, 0.25) is 0 Å². The van der Waals surface area contributed by atoms with Gasteiger partial charge in [-0.05, 0) is 24.3 Å². The molecular formula is C16H18ClN3O4. The van der Waals surface area contributed by atoms with Gasteiger partial charge in [-0.1, -0.05) is 16.8 Å². The van der Waals surface area contributed by atoms with Crippen molar-refractivity contribution in [2.45, 2.75) is 0 Å². The first-order chi connectivity index (χ1) is 11.6. The second-order valence-corrected chi connectivity index (χ2v) is 6.01. The Morgan fingerprint density at radius 1 is 1.21 bits per heavy atom. The Bertz CT molecular complexity index is 709. The fraction of sp³-hybridized carbons (Fsp3) is 0.375. The molecule has 1 aliphatic rings. The average Bonchev–Trinajstić information content (AvgIpc) is 3.02. The number of anilines is 1. The van der Waals surface area contributed by atoms with Crippen LogP contribution in [-0.2, 0) is 0 Å². The number of benzene rings is 1. The van der Waals surface area contributed by atoms with E-state index in [2.05, 4.69) is 10.1 Å². The summed E-state index contributed by atoms with van der Waals surface area (Å²) >= 11 is 5.87. The maximum absolute atomic E-state index is 11.8. The van der Waals surface area contributed by atoms with Crippen molar-refractivity contribution in [3.8, 4) is 11.3 Å². The van der Waals surface area contributed by atoms with E-state index >= 15 is 0 Å². The van der Waals surface area contributed by atoms with E-state index in [4.69, 9.17) is 21.2 Å². The predicted octanol–water partition coefficient (Wildman–Crippen LogP) is 1.81. The summed E-state index contributed by atoms with van der Waals surface area (Å²) in [5.74, 6) is -0.503. The SMILES string of the molecule is O=C(O)c1c(N2CCN(CCO)CC2)noc1-c1ccc(Cl)cc1. The van der Waals surface area contributed by atoms with E-state index in [1.54, 1.807) is 24.3 Å². The summed E-state index contributed by atoms with van der Waals surface area (Å²) < 4.78 is 5.34. The van der Waals surface area contributed by atoms with Crippen molar-refractivity contribution in [2.24, 2.45) is 0 Å². The van der Waals surface area contributed by atoms with Crippen LogP contribution in [0.25, 0.3) is 11.3 Å². The summed E-state index contributed by atoms with van der Waals surface area (Å²) in [5, 5.41) is 23.2. The number of carboxylic acids is 1. The first kappa shape index (κ1) is 16.8. The number of piperazine rings is 1. The molecule has 24 heavy (non-hydrogen) atoms. The number of hydrogen-bond acceptors (Lipinski definition) is 6. The number of β-amino-alcohol motifs (C(OH)–C–C–N with tert-alkyl or cyclic N) is 1. The summed E-state index contributed by atoms with van der Waals surface area (Å²) in [5.41, 5.74) is 0.683. The Morgan fingerprint density at radius 3 is 2.46 bits per heavy atom. The molecule has 8 heteroatoms. The molecule has 0 spiro atoms. The highest BCUT2D eigenvalue weighted by Gasteiger charge is 2.29. The second kappa shape index (κ2) is 7.21. The standard InChI is InChI=1S/C16H18ClN3O4/c17-12-3-1-11(2-4-12)14-13(16(22)23)15(18-24-14)20-7-5-19(6-8-20)9-10-21/h1-4,21H,5-10H2,(H,22,23). The van der Waals surface area contributed by atoms with Gasteiger partial charge < -0.3 is 19.6 Å². The van der Waals surface area contributed by atoms with Crippen molar-refractivity contribution >= 4 is 23.4 Å². The van der Waals surface area contributed by atoms with E-state index < -0.39 is 5.97 Å². The molecule has 2 aromatic rings. The zero-order valence-electron chi connectivity index (χ0n) is 13.0. The zero-order valence-corrected chi connectivity index (χ0v) is 13.7. The predicted molar refractivity (Wildman–Crippen MR) is 89.6 cm³/mol. The maximum Gasteiger partial charge on any atom is 0.343 e. The molecule has 1 aromatic heterocycles. The van der Waals surface area contributed by atoms with Gasteiger partial charge in [-0.15, -0.1) is 0 Å². The molecule has 0 saturated carbocycles. The summed E-state index contributed by atoms with van der Waals surface area (Å²) in [6.07, 6.45) is 0. The van der Waals surface area contributed by atoms with Gasteiger partial charge in [0.1, 0.15) is 0 Å². The Balaban J connectivity index is 1.87. The topological polar surface area (TPSA) is 90.0 Å². The Hall–Kier alpha value is -2.09. The molecule has 1 aromatic carbocycles. The molecule has 3 rings (SSSR count). The monoisotopic (exact) mass is 351 g/mol. The fourth-order valence-electron chi connectivity index (χ4n) is 2.81. The van der Waals surface area contributed by atoms with Gasteiger partial charge in [0, 0.05) is 43.3 Å². The van der Waals surface area contributed by atoms with Gasteiger partial charge in [0.25, 0.3) is 0 Å². The number of carboxylic acid groups (broad SMARTS) is 1. The average molecular weight is 352 g/mol. The number of rotatable bonds is 5. The molecule has 2 heterocycles. The number of aliphatic hydroxyl groups excluding tert-OH is 1. The Kier molecular flexibility index (Phi) is 5.03. The van der Waals surface area contributed by atoms with Crippen molar-refractivity contribution in [3.63, 3.8) is 0 Å². The largest absolute Gasteiger partial charge is 0.477 e. The van der Waals surface area contributed by atoms with Crippen molar-refractivity contribution in [1.29, 1.82) is 0 Å². The van der Waals surface area contributed by atoms with Crippen LogP contribution in [0.2, 0.25) is 5.02 Å². The molecule has 0 amide bonds. The van der Waals surface area contributed by atoms with Crippen molar-refractivity contribution < 1.29 is 19.5 Å². The summed E-state index contributed by atoms with van der Waals surface area (Å²) in [6.45, 7) is 3.48. The molecule has 1 saturated heterocycles. The third kappa shape index (κ3) is 3.38. The van der Waals surface area contributed by atoms with Crippen LogP contribution in [0.5, 0.6) is 0 Å². The van der Waals surface area contributed by atoms with Gasteiger partial charge in [0.05, 0.1) is 6.61 Å². The minimum atomic E-state index is -1.08. The number of hydrogen-bond donors (Lipinski definition) is 2. The van der Waals surface area contributed by atoms with Crippen LogP contribution in [0.4, 0.5) is 5.82 Å². The third-order valence-electron chi connectivity index (χ3n) is 4.08. The number of nitrogens with zero attached hydrogens (tertiary/aromatic N) is 3. The molecule has 0 bridgehead atoms. The van der Waals surface area contributed by atoms with Crippen LogP contribution < -0.4 is 4.90 Å². The van der Waals surface area contributed by atoms with Crippen molar-refractivity contribution in [3.05, 3.63) is 34.9 Å². The molecule has 7 nitrogen and oxygen atoms in total. The molecule has 0 atom stereocenters. The van der Waals surface area contributed by atoms with Crippen LogP contribution in [0.15, 0.2) is 28.8 Å². The molecule has 1 aliphatic heterocycles. The number of aromatic nitrogens is 1. The lowest BCUT2D eigenvalue weighted by atomic mass is 10.1. The first-order valence-electron chi connectivity index (χ1n) is 7.67. The van der Waals surface area contributed by atoms with Crippen molar-refractivity contribution in [2.75, 3.05) is 44.2 Å². The molecule has 128 valence electrons.